The van der Waals surface area contributed by atoms with Crippen molar-refractivity contribution >= 4 is 46.4 Å². The van der Waals surface area contributed by atoms with E-state index in [4.69, 9.17) is 22.9 Å². The monoisotopic (exact) mass is 560 g/mol. The van der Waals surface area contributed by atoms with Crippen molar-refractivity contribution in [3.8, 4) is 0 Å². The Bertz CT molecular complexity index is 1230. The molecular formula is C25H36N8O7. The van der Waals surface area contributed by atoms with Crippen LogP contribution in [0.3, 0.4) is 0 Å². The molecule has 0 fully saturated rings. The van der Waals surface area contributed by atoms with Crippen molar-refractivity contribution in [3.63, 3.8) is 0 Å². The maximum absolute atomic E-state index is 13.0. The van der Waals surface area contributed by atoms with E-state index in [0.717, 1.165) is 16.5 Å². The van der Waals surface area contributed by atoms with E-state index in [-0.39, 0.29) is 12.8 Å². The number of hydrogen-bond acceptors (Lipinski definition) is 8. The van der Waals surface area contributed by atoms with Crippen LogP contribution >= 0.6 is 0 Å². The molecule has 0 bridgehead atoms. The number of unbranched alkanes of at least 4 members (excludes halogenated alkanes) is 1. The molecule has 15 nitrogen and oxygen atoms in total. The summed E-state index contributed by atoms with van der Waals surface area (Å²) in [6.45, 7) is 0.332. The highest BCUT2D eigenvalue weighted by atomic mass is 16.4. The smallest absolute Gasteiger partial charge is 0.326 e. The van der Waals surface area contributed by atoms with Gasteiger partial charge in [0.25, 0.3) is 0 Å². The van der Waals surface area contributed by atoms with Crippen molar-refractivity contribution in [1.82, 2.24) is 20.9 Å². The van der Waals surface area contributed by atoms with Crippen molar-refractivity contribution in [3.05, 3.63) is 36.0 Å². The van der Waals surface area contributed by atoms with Gasteiger partial charge in [0.05, 0.1) is 18.9 Å². The van der Waals surface area contributed by atoms with Gasteiger partial charge in [-0.3, -0.25) is 24.0 Å². The summed E-state index contributed by atoms with van der Waals surface area (Å²) in [5.41, 5.74) is 23.5. The van der Waals surface area contributed by atoms with E-state index in [2.05, 4.69) is 20.9 Å². The molecule has 218 valence electrons. The summed E-state index contributed by atoms with van der Waals surface area (Å²) in [5, 5.41) is 17.1. The number of fused-ring (bicyclic) bond motifs is 1. The summed E-state index contributed by atoms with van der Waals surface area (Å²) >= 11 is 0. The average molecular weight is 561 g/mol. The number of H-pyrrole nitrogens is 1. The number of aromatic amines is 1. The average Bonchev–Trinajstić information content (AvgIpc) is 3.29. The number of nitrogens with one attached hydrogen (secondary N) is 4. The van der Waals surface area contributed by atoms with Crippen LogP contribution in [0.15, 0.2) is 30.5 Å². The number of benzene rings is 1. The van der Waals surface area contributed by atoms with Crippen LogP contribution in [-0.2, 0) is 35.2 Å². The number of hydrogen-bond donors (Lipinski definition) is 9. The highest BCUT2D eigenvalue weighted by molar-refractivity contribution is 5.97. The van der Waals surface area contributed by atoms with Gasteiger partial charge >= 0.3 is 5.97 Å². The van der Waals surface area contributed by atoms with Crippen molar-refractivity contribution in [2.45, 2.75) is 62.7 Å². The minimum atomic E-state index is -1.59. The highest BCUT2D eigenvalue weighted by Gasteiger charge is 2.32. The number of primary amides is 2. The Labute approximate surface area is 229 Å². The second kappa shape index (κ2) is 15.2. The Hall–Kier alpha value is -4.50. The molecule has 0 aliphatic heterocycles. The standard InChI is InChI=1S/C25H36N8O7/c26-8-4-3-7-17(25(39)40)31-23(37)19(11-21(29)35)33-24(38)18(10-20(28)34)32-22(36)15(27)9-13-12-30-16-6-2-1-5-14(13)16/h1-2,5-6,12,15,17-19,30H,3-4,7-11,26-27H2,(H2,28,34)(H2,29,35)(H,31,37)(H,32,36)(H,33,38)(H,39,40). The Morgan fingerprint density at radius 3 is 1.93 bits per heavy atom. The third-order valence-electron chi connectivity index (χ3n) is 6.09. The van der Waals surface area contributed by atoms with E-state index in [0.29, 0.717) is 19.4 Å². The first-order chi connectivity index (χ1) is 18.9. The predicted octanol–water partition coefficient (Wildman–Crippen LogP) is -2.54. The van der Waals surface area contributed by atoms with E-state index < -0.39 is 72.5 Å². The number of carbonyl (C=O) groups excluding carboxylic acids is 5. The number of aliphatic carboxylic acids is 1. The molecule has 13 N–H and O–H groups in total. The fraction of sp³-hybridized carbons (Fsp3) is 0.440. The van der Waals surface area contributed by atoms with E-state index in [1.807, 2.05) is 24.3 Å². The molecule has 4 atom stereocenters. The van der Waals surface area contributed by atoms with Crippen molar-refractivity contribution in [2.24, 2.45) is 22.9 Å². The topological polar surface area (TPSA) is 279 Å². The van der Waals surface area contributed by atoms with Gasteiger partial charge in [-0.15, -0.1) is 0 Å². The van der Waals surface area contributed by atoms with E-state index in [1.54, 1.807) is 6.20 Å². The van der Waals surface area contributed by atoms with Gasteiger partial charge < -0.3 is 49.0 Å². The molecule has 5 amide bonds. The molecule has 2 rings (SSSR count). The highest BCUT2D eigenvalue weighted by Crippen LogP contribution is 2.18. The van der Waals surface area contributed by atoms with E-state index in [9.17, 15) is 33.9 Å². The van der Waals surface area contributed by atoms with Crippen LogP contribution in [0.4, 0.5) is 0 Å². The maximum Gasteiger partial charge on any atom is 0.326 e. The minimum Gasteiger partial charge on any atom is -0.480 e. The number of rotatable bonds is 17. The normalized spacial score (nSPS) is 13.9. The van der Waals surface area contributed by atoms with Gasteiger partial charge in [0, 0.05) is 17.1 Å². The van der Waals surface area contributed by atoms with Crippen LogP contribution in [0, 0.1) is 0 Å². The quantitative estimate of drug-likeness (QED) is 0.0920. The third kappa shape index (κ3) is 9.67. The molecule has 0 saturated carbocycles. The van der Waals surface area contributed by atoms with Crippen molar-refractivity contribution in [1.29, 1.82) is 0 Å². The van der Waals surface area contributed by atoms with E-state index >= 15 is 0 Å². The summed E-state index contributed by atoms with van der Waals surface area (Å²) in [6.07, 6.45) is 1.49. The summed E-state index contributed by atoms with van der Waals surface area (Å²) in [4.78, 5) is 76.5. The summed E-state index contributed by atoms with van der Waals surface area (Å²) in [5.74, 6) is -6.01. The second-order valence-electron chi connectivity index (χ2n) is 9.32. The number of aromatic nitrogens is 1. The second-order valence-corrected chi connectivity index (χ2v) is 9.32. The first-order valence-electron chi connectivity index (χ1n) is 12.6. The molecule has 0 radical (unpaired) electrons. The van der Waals surface area contributed by atoms with Gasteiger partial charge in [-0.2, -0.15) is 0 Å². The fourth-order valence-electron chi connectivity index (χ4n) is 4.02. The van der Waals surface area contributed by atoms with Crippen LogP contribution in [0.5, 0.6) is 0 Å². The number of carbonyl (C=O) groups is 6. The fourth-order valence-corrected chi connectivity index (χ4v) is 4.02. The molecule has 1 aromatic carbocycles. The molecule has 40 heavy (non-hydrogen) atoms. The van der Waals surface area contributed by atoms with Crippen molar-refractivity contribution < 1.29 is 33.9 Å². The number of amides is 5. The van der Waals surface area contributed by atoms with Gasteiger partial charge in [-0.1, -0.05) is 18.2 Å². The zero-order valence-electron chi connectivity index (χ0n) is 21.9. The molecule has 4 unspecified atom stereocenters. The van der Waals surface area contributed by atoms with E-state index in [1.165, 1.54) is 0 Å². The molecule has 0 aliphatic carbocycles. The minimum absolute atomic E-state index is 0.0597. The van der Waals surface area contributed by atoms with Gasteiger partial charge in [0.2, 0.25) is 29.5 Å². The van der Waals surface area contributed by atoms with Gasteiger partial charge in [-0.25, -0.2) is 4.79 Å². The third-order valence-corrected chi connectivity index (χ3v) is 6.09. The summed E-state index contributed by atoms with van der Waals surface area (Å²) in [7, 11) is 0. The zero-order valence-corrected chi connectivity index (χ0v) is 21.9. The lowest BCUT2D eigenvalue weighted by atomic mass is 10.0. The predicted molar refractivity (Wildman–Crippen MR) is 144 cm³/mol. The summed E-state index contributed by atoms with van der Waals surface area (Å²) in [6, 6.07) is 1.83. The number of carboxylic acid groups (broad SMARTS) is 1. The lowest BCUT2D eigenvalue weighted by Gasteiger charge is -2.24. The van der Waals surface area contributed by atoms with Crippen LogP contribution in [-0.4, -0.2) is 76.3 Å². The van der Waals surface area contributed by atoms with Crippen LogP contribution in [0.2, 0.25) is 0 Å². The zero-order chi connectivity index (χ0) is 29.8. The molecule has 15 heteroatoms. The lowest BCUT2D eigenvalue weighted by molar-refractivity contribution is -0.142. The number of para-hydroxylation sites is 1. The Morgan fingerprint density at radius 1 is 0.825 bits per heavy atom. The van der Waals surface area contributed by atoms with Gasteiger partial charge in [-0.05, 0) is 43.9 Å². The molecule has 2 aromatic rings. The van der Waals surface area contributed by atoms with Crippen LogP contribution in [0.25, 0.3) is 10.9 Å². The Kier molecular flexibility index (Phi) is 12.0. The van der Waals surface area contributed by atoms with Crippen LogP contribution < -0.4 is 38.9 Å². The maximum atomic E-state index is 13.0. The van der Waals surface area contributed by atoms with Crippen molar-refractivity contribution in [2.75, 3.05) is 6.54 Å². The molecular weight excluding hydrogens is 524 g/mol. The molecule has 0 saturated heterocycles. The number of nitrogens with two attached hydrogens (primary N) is 4. The Balaban J connectivity index is 2.12. The number of carboxylic acids is 1. The Morgan fingerprint density at radius 2 is 1.38 bits per heavy atom. The van der Waals surface area contributed by atoms with Gasteiger partial charge in [0.1, 0.15) is 18.1 Å². The molecule has 1 aromatic heterocycles. The first kappa shape index (κ1) is 31.7. The van der Waals surface area contributed by atoms with Crippen LogP contribution in [0.1, 0.15) is 37.7 Å². The molecule has 0 spiro atoms. The largest absolute Gasteiger partial charge is 0.480 e. The molecule has 0 aliphatic rings. The summed E-state index contributed by atoms with van der Waals surface area (Å²) < 4.78 is 0. The van der Waals surface area contributed by atoms with Gasteiger partial charge in [0.15, 0.2) is 0 Å². The lowest BCUT2D eigenvalue weighted by Crippen LogP contribution is -2.58. The molecule has 1 heterocycles. The SMILES string of the molecule is NCCCCC(NC(=O)C(CC(N)=O)NC(=O)C(CC(N)=O)NC(=O)C(N)Cc1c[nH]c2ccccc12)C(=O)O. The first-order valence-corrected chi connectivity index (χ1v) is 12.6.